The Bertz CT molecular complexity index is 1170. The van der Waals surface area contributed by atoms with Gasteiger partial charge in [-0.15, -0.1) is 21.5 Å². The molecule has 8 heteroatoms. The molecule has 0 N–H and O–H groups in total. The summed E-state index contributed by atoms with van der Waals surface area (Å²) in [4.78, 5) is 15.2. The molecule has 0 bridgehead atoms. The summed E-state index contributed by atoms with van der Waals surface area (Å²) in [5, 5.41) is 9.20. The molecule has 0 spiro atoms. The van der Waals surface area contributed by atoms with E-state index in [-0.39, 0.29) is 24.3 Å². The lowest BCUT2D eigenvalue weighted by molar-refractivity contribution is 0.0677. The summed E-state index contributed by atoms with van der Waals surface area (Å²) in [7, 11) is 0. The molecule has 0 aliphatic rings. The summed E-state index contributed by atoms with van der Waals surface area (Å²) in [5.41, 5.74) is 0.746. The predicted octanol–water partition coefficient (Wildman–Crippen LogP) is 5.79. The maximum Gasteiger partial charge on any atom is 0.264 e. The third kappa shape index (κ3) is 4.02. The van der Waals surface area contributed by atoms with E-state index in [0.717, 1.165) is 10.3 Å². The highest BCUT2D eigenvalue weighted by molar-refractivity contribution is 7.20. The minimum atomic E-state index is -0.335. The second-order valence-electron chi connectivity index (χ2n) is 6.80. The van der Waals surface area contributed by atoms with Crippen molar-refractivity contribution in [1.29, 1.82) is 0 Å². The van der Waals surface area contributed by atoms with Gasteiger partial charge in [-0.25, -0.2) is 4.39 Å². The molecule has 29 heavy (non-hydrogen) atoms. The van der Waals surface area contributed by atoms with E-state index in [1.54, 1.807) is 47.4 Å². The van der Waals surface area contributed by atoms with Crippen molar-refractivity contribution in [2.75, 3.05) is 0 Å². The van der Waals surface area contributed by atoms with E-state index in [2.05, 4.69) is 10.2 Å². The lowest BCUT2D eigenvalue weighted by Crippen LogP contribution is -2.36. The van der Waals surface area contributed by atoms with Crippen LogP contribution in [0.15, 0.2) is 52.9 Å². The normalized spacial score (nSPS) is 11.3. The summed E-state index contributed by atoms with van der Waals surface area (Å²) in [5.74, 6) is 0.145. The molecule has 2 aromatic heterocycles. The second kappa shape index (κ2) is 7.93. The van der Waals surface area contributed by atoms with Crippen LogP contribution in [-0.4, -0.2) is 27.0 Å². The van der Waals surface area contributed by atoms with E-state index in [1.807, 2.05) is 13.8 Å². The van der Waals surface area contributed by atoms with Gasteiger partial charge in [0.1, 0.15) is 5.82 Å². The summed E-state index contributed by atoms with van der Waals surface area (Å²) in [6.07, 6.45) is 0. The van der Waals surface area contributed by atoms with Crippen molar-refractivity contribution in [2.45, 2.75) is 26.4 Å². The molecule has 4 rings (SSSR count). The minimum absolute atomic E-state index is 0.108. The predicted molar refractivity (Wildman–Crippen MR) is 112 cm³/mol. The van der Waals surface area contributed by atoms with Gasteiger partial charge in [-0.1, -0.05) is 17.7 Å². The first-order valence-electron chi connectivity index (χ1n) is 8.99. The Morgan fingerprint density at radius 1 is 1.21 bits per heavy atom. The number of carbonyl (C=O) groups excluding carboxylic acids is 1. The van der Waals surface area contributed by atoms with Crippen LogP contribution in [0.4, 0.5) is 4.39 Å². The number of amides is 1. The third-order valence-corrected chi connectivity index (χ3v) is 5.81. The summed E-state index contributed by atoms with van der Waals surface area (Å²) < 4.78 is 20.5. The van der Waals surface area contributed by atoms with Gasteiger partial charge in [-0.3, -0.25) is 4.79 Å². The van der Waals surface area contributed by atoms with E-state index >= 15 is 0 Å². The zero-order valence-electron chi connectivity index (χ0n) is 15.7. The Morgan fingerprint density at radius 3 is 2.66 bits per heavy atom. The highest BCUT2D eigenvalue weighted by Crippen LogP contribution is 2.29. The van der Waals surface area contributed by atoms with Crippen LogP contribution >= 0.6 is 22.9 Å². The highest BCUT2D eigenvalue weighted by atomic mass is 35.5. The monoisotopic (exact) mass is 429 g/mol. The Hall–Kier alpha value is -2.77. The maximum atomic E-state index is 14.0. The number of rotatable bonds is 5. The molecule has 2 heterocycles. The molecule has 5 nitrogen and oxygen atoms in total. The van der Waals surface area contributed by atoms with Crippen LogP contribution in [0.25, 0.3) is 21.5 Å². The van der Waals surface area contributed by atoms with Crippen LogP contribution in [0.2, 0.25) is 5.02 Å². The lowest BCUT2D eigenvalue weighted by atomic mass is 10.2. The van der Waals surface area contributed by atoms with E-state index in [1.165, 1.54) is 17.4 Å². The number of carbonyl (C=O) groups is 1. The van der Waals surface area contributed by atoms with Crippen molar-refractivity contribution in [3.05, 3.63) is 70.1 Å². The smallest absolute Gasteiger partial charge is 0.264 e. The van der Waals surface area contributed by atoms with Crippen molar-refractivity contribution >= 4 is 38.9 Å². The van der Waals surface area contributed by atoms with Gasteiger partial charge < -0.3 is 9.32 Å². The first kappa shape index (κ1) is 19.5. The van der Waals surface area contributed by atoms with Crippen molar-refractivity contribution in [2.24, 2.45) is 0 Å². The second-order valence-corrected chi connectivity index (χ2v) is 8.32. The fourth-order valence-corrected chi connectivity index (χ4v) is 4.09. The molecule has 0 radical (unpaired) electrons. The maximum absolute atomic E-state index is 14.0. The molecular formula is C21H17ClFN3O2S. The number of halogens is 2. The van der Waals surface area contributed by atoms with Gasteiger partial charge in [0, 0.05) is 26.7 Å². The van der Waals surface area contributed by atoms with Gasteiger partial charge in [0.2, 0.25) is 11.8 Å². The average Bonchev–Trinajstić information content (AvgIpc) is 3.34. The zero-order valence-corrected chi connectivity index (χ0v) is 17.3. The van der Waals surface area contributed by atoms with Crippen molar-refractivity contribution < 1.29 is 13.6 Å². The number of nitrogens with zero attached hydrogens (tertiary/aromatic N) is 3. The molecule has 1 amide bonds. The van der Waals surface area contributed by atoms with Crippen LogP contribution in [0.5, 0.6) is 0 Å². The molecule has 0 fully saturated rings. The quantitative estimate of drug-likeness (QED) is 0.402. The van der Waals surface area contributed by atoms with E-state index in [0.29, 0.717) is 27.1 Å². The Morgan fingerprint density at radius 2 is 1.97 bits per heavy atom. The highest BCUT2D eigenvalue weighted by Gasteiger charge is 2.24. The molecular weight excluding hydrogens is 413 g/mol. The van der Waals surface area contributed by atoms with Crippen LogP contribution in [-0.2, 0) is 6.54 Å². The SMILES string of the molecule is CC(C)N(Cc1nnc(-c2ccc(Cl)cc2)o1)C(=O)c1cc2c(F)cccc2s1. The van der Waals surface area contributed by atoms with Crippen LogP contribution in [0.3, 0.4) is 0 Å². The van der Waals surface area contributed by atoms with Gasteiger partial charge in [-0.05, 0) is 56.3 Å². The number of hydrogen-bond acceptors (Lipinski definition) is 5. The van der Waals surface area contributed by atoms with Gasteiger partial charge in [-0.2, -0.15) is 0 Å². The number of thiophene rings is 1. The van der Waals surface area contributed by atoms with Gasteiger partial charge in [0.05, 0.1) is 11.4 Å². The Balaban J connectivity index is 1.58. The van der Waals surface area contributed by atoms with Crippen LogP contribution < -0.4 is 0 Å². The van der Waals surface area contributed by atoms with Gasteiger partial charge in [0.15, 0.2) is 0 Å². The topological polar surface area (TPSA) is 59.2 Å². The zero-order chi connectivity index (χ0) is 20.5. The molecule has 2 aromatic carbocycles. The standard InChI is InChI=1S/C21H17ClFN3O2S/c1-12(2)26(21(27)18-10-15-16(23)4-3-5-17(15)29-18)11-19-24-25-20(28-19)13-6-8-14(22)9-7-13/h3-10,12H,11H2,1-2H3. The fourth-order valence-electron chi connectivity index (χ4n) is 2.93. The van der Waals surface area contributed by atoms with E-state index in [9.17, 15) is 9.18 Å². The number of hydrogen-bond donors (Lipinski definition) is 0. The minimum Gasteiger partial charge on any atom is -0.419 e. The summed E-state index contributed by atoms with van der Waals surface area (Å²) in [6, 6.07) is 13.4. The Labute approximate surface area is 175 Å². The molecule has 0 saturated heterocycles. The molecule has 0 aliphatic carbocycles. The number of fused-ring (bicyclic) bond motifs is 1. The molecule has 0 unspecified atom stereocenters. The average molecular weight is 430 g/mol. The van der Waals surface area contributed by atoms with Gasteiger partial charge >= 0.3 is 0 Å². The van der Waals surface area contributed by atoms with Crippen molar-refractivity contribution in [1.82, 2.24) is 15.1 Å². The molecule has 0 atom stereocenters. The van der Waals surface area contributed by atoms with Crippen LogP contribution in [0, 0.1) is 5.82 Å². The first-order valence-corrected chi connectivity index (χ1v) is 10.2. The van der Waals surface area contributed by atoms with Gasteiger partial charge in [0.25, 0.3) is 5.91 Å². The largest absolute Gasteiger partial charge is 0.419 e. The van der Waals surface area contributed by atoms with E-state index in [4.69, 9.17) is 16.0 Å². The molecule has 4 aromatic rings. The van der Waals surface area contributed by atoms with Crippen LogP contribution in [0.1, 0.15) is 29.4 Å². The third-order valence-electron chi connectivity index (χ3n) is 4.47. The fraction of sp³-hybridized carbons (Fsp3) is 0.190. The van der Waals surface area contributed by atoms with Crippen molar-refractivity contribution in [3.63, 3.8) is 0 Å². The van der Waals surface area contributed by atoms with E-state index < -0.39 is 0 Å². The molecule has 0 aliphatic heterocycles. The number of benzene rings is 2. The summed E-state index contributed by atoms with van der Waals surface area (Å²) in [6.45, 7) is 3.97. The number of aromatic nitrogens is 2. The molecule has 148 valence electrons. The molecule has 0 saturated carbocycles. The van der Waals surface area contributed by atoms with Crippen molar-refractivity contribution in [3.8, 4) is 11.5 Å². The first-order chi connectivity index (χ1) is 13.9. The summed E-state index contributed by atoms with van der Waals surface area (Å²) >= 11 is 7.18. The Kier molecular flexibility index (Phi) is 5.34. The lowest BCUT2D eigenvalue weighted by Gasteiger charge is -2.24.